The summed E-state index contributed by atoms with van der Waals surface area (Å²) >= 11 is 0. The number of rotatable bonds is 3. The van der Waals surface area contributed by atoms with E-state index in [9.17, 15) is 13.2 Å². The standard InChI is InChI=1S/C16H23F3N2/c1-11-5-4-8-21(12(11)2)15(10-20)13-6-3-7-14(9-13)16(17,18)19/h3,6-7,9,11-12,15H,4-5,8,10,20H2,1-2H3. The summed E-state index contributed by atoms with van der Waals surface area (Å²) in [6, 6.07) is 5.76. The molecule has 0 aliphatic carbocycles. The molecule has 3 unspecified atom stereocenters. The van der Waals surface area contributed by atoms with Gasteiger partial charge >= 0.3 is 6.18 Å². The number of nitrogens with two attached hydrogens (primary N) is 1. The molecule has 118 valence electrons. The Morgan fingerprint density at radius 1 is 1.33 bits per heavy atom. The van der Waals surface area contributed by atoms with Crippen molar-refractivity contribution in [2.75, 3.05) is 13.1 Å². The molecular formula is C16H23F3N2. The molecule has 1 fully saturated rings. The summed E-state index contributed by atoms with van der Waals surface area (Å²) in [4.78, 5) is 2.25. The van der Waals surface area contributed by atoms with E-state index < -0.39 is 11.7 Å². The van der Waals surface area contributed by atoms with Crippen molar-refractivity contribution in [3.05, 3.63) is 35.4 Å². The summed E-state index contributed by atoms with van der Waals surface area (Å²) in [5.41, 5.74) is 5.94. The molecule has 1 aliphatic heterocycles. The van der Waals surface area contributed by atoms with Gasteiger partial charge in [-0.25, -0.2) is 0 Å². The number of nitrogens with zero attached hydrogens (tertiary/aromatic N) is 1. The quantitative estimate of drug-likeness (QED) is 0.919. The predicted molar refractivity (Wildman–Crippen MR) is 77.8 cm³/mol. The molecule has 1 heterocycles. The molecule has 21 heavy (non-hydrogen) atoms. The molecule has 0 saturated carbocycles. The first kappa shape index (κ1) is 16.3. The zero-order valence-electron chi connectivity index (χ0n) is 12.5. The Morgan fingerprint density at radius 2 is 2.05 bits per heavy atom. The first-order valence-electron chi connectivity index (χ1n) is 7.47. The van der Waals surface area contributed by atoms with Crippen LogP contribution in [0.15, 0.2) is 24.3 Å². The van der Waals surface area contributed by atoms with Crippen molar-refractivity contribution >= 4 is 0 Å². The molecular weight excluding hydrogens is 277 g/mol. The molecule has 2 nitrogen and oxygen atoms in total. The van der Waals surface area contributed by atoms with Crippen LogP contribution >= 0.6 is 0 Å². The van der Waals surface area contributed by atoms with Crippen LogP contribution in [0.5, 0.6) is 0 Å². The lowest BCUT2D eigenvalue weighted by molar-refractivity contribution is -0.137. The second-order valence-corrected chi connectivity index (χ2v) is 5.97. The summed E-state index contributed by atoms with van der Waals surface area (Å²) in [5, 5.41) is 0. The van der Waals surface area contributed by atoms with Crippen LogP contribution in [0.25, 0.3) is 0 Å². The molecule has 1 aromatic carbocycles. The Labute approximate surface area is 124 Å². The number of hydrogen-bond acceptors (Lipinski definition) is 2. The van der Waals surface area contributed by atoms with Crippen LogP contribution in [-0.4, -0.2) is 24.0 Å². The number of halogens is 3. The van der Waals surface area contributed by atoms with Crippen LogP contribution in [0.3, 0.4) is 0 Å². The third-order valence-electron chi connectivity index (χ3n) is 4.64. The highest BCUT2D eigenvalue weighted by Crippen LogP contribution is 2.34. The van der Waals surface area contributed by atoms with Gasteiger partial charge in [0.05, 0.1) is 5.56 Å². The summed E-state index contributed by atoms with van der Waals surface area (Å²) in [6.07, 6.45) is -2.07. The summed E-state index contributed by atoms with van der Waals surface area (Å²) in [5.74, 6) is 0.540. The summed E-state index contributed by atoms with van der Waals surface area (Å²) in [7, 11) is 0. The number of benzene rings is 1. The van der Waals surface area contributed by atoms with Crippen LogP contribution < -0.4 is 5.73 Å². The molecule has 0 bridgehead atoms. The number of likely N-dealkylation sites (tertiary alicyclic amines) is 1. The Balaban J connectivity index is 2.29. The van der Waals surface area contributed by atoms with E-state index in [1.807, 2.05) is 0 Å². The summed E-state index contributed by atoms with van der Waals surface area (Å²) < 4.78 is 38.6. The van der Waals surface area contributed by atoms with Crippen molar-refractivity contribution in [1.29, 1.82) is 0 Å². The van der Waals surface area contributed by atoms with E-state index in [2.05, 4.69) is 18.7 Å². The van der Waals surface area contributed by atoms with Crippen molar-refractivity contribution < 1.29 is 13.2 Å². The topological polar surface area (TPSA) is 29.3 Å². The predicted octanol–water partition coefficient (Wildman–Crippen LogP) is 3.83. The van der Waals surface area contributed by atoms with Gasteiger partial charge in [0.15, 0.2) is 0 Å². The maximum Gasteiger partial charge on any atom is 0.416 e. The van der Waals surface area contributed by atoms with Gasteiger partial charge in [0, 0.05) is 18.6 Å². The fourth-order valence-electron chi connectivity index (χ4n) is 3.19. The molecule has 3 atom stereocenters. The van der Waals surface area contributed by atoms with Gasteiger partial charge in [0.25, 0.3) is 0 Å². The van der Waals surface area contributed by atoms with Gasteiger partial charge in [-0.3, -0.25) is 4.90 Å². The minimum Gasteiger partial charge on any atom is -0.329 e. The monoisotopic (exact) mass is 300 g/mol. The van der Waals surface area contributed by atoms with E-state index >= 15 is 0 Å². The Morgan fingerprint density at radius 3 is 2.67 bits per heavy atom. The zero-order valence-corrected chi connectivity index (χ0v) is 12.5. The number of piperidine rings is 1. The number of hydrogen-bond donors (Lipinski definition) is 1. The fourth-order valence-corrected chi connectivity index (χ4v) is 3.19. The van der Waals surface area contributed by atoms with Gasteiger partial charge in [-0.2, -0.15) is 13.2 Å². The first-order valence-corrected chi connectivity index (χ1v) is 7.47. The maximum atomic E-state index is 12.9. The Hall–Kier alpha value is -1.07. The normalized spacial score (nSPS) is 25.8. The third kappa shape index (κ3) is 3.58. The van der Waals surface area contributed by atoms with Gasteiger partial charge in [0.2, 0.25) is 0 Å². The van der Waals surface area contributed by atoms with Crippen molar-refractivity contribution in [3.8, 4) is 0 Å². The number of alkyl halides is 3. The van der Waals surface area contributed by atoms with E-state index in [1.165, 1.54) is 12.1 Å². The molecule has 0 spiro atoms. The highest BCUT2D eigenvalue weighted by molar-refractivity contribution is 5.28. The molecule has 2 N–H and O–H groups in total. The minimum absolute atomic E-state index is 0.148. The van der Waals surface area contributed by atoms with Crippen LogP contribution in [0.2, 0.25) is 0 Å². The first-order chi connectivity index (χ1) is 9.84. The molecule has 0 radical (unpaired) electrons. The van der Waals surface area contributed by atoms with Crippen LogP contribution in [0.4, 0.5) is 13.2 Å². The van der Waals surface area contributed by atoms with Gasteiger partial charge in [-0.15, -0.1) is 0 Å². The van der Waals surface area contributed by atoms with Crippen molar-refractivity contribution in [1.82, 2.24) is 4.90 Å². The Kier molecular flexibility index (Phi) is 4.94. The van der Waals surface area contributed by atoms with E-state index in [4.69, 9.17) is 5.73 Å². The molecule has 1 aliphatic rings. The molecule has 1 aromatic rings. The largest absolute Gasteiger partial charge is 0.416 e. The molecule has 0 aromatic heterocycles. The van der Waals surface area contributed by atoms with Crippen LogP contribution in [0, 0.1) is 5.92 Å². The van der Waals surface area contributed by atoms with Gasteiger partial charge < -0.3 is 5.73 Å². The van der Waals surface area contributed by atoms with E-state index in [0.29, 0.717) is 24.1 Å². The third-order valence-corrected chi connectivity index (χ3v) is 4.64. The van der Waals surface area contributed by atoms with E-state index in [0.717, 1.165) is 25.5 Å². The lowest BCUT2D eigenvalue weighted by Gasteiger charge is -2.43. The average molecular weight is 300 g/mol. The second-order valence-electron chi connectivity index (χ2n) is 5.97. The summed E-state index contributed by atoms with van der Waals surface area (Å²) in [6.45, 7) is 5.55. The minimum atomic E-state index is -4.31. The maximum absolute atomic E-state index is 12.9. The Bertz CT molecular complexity index is 473. The second kappa shape index (κ2) is 6.36. The van der Waals surface area contributed by atoms with Crippen molar-refractivity contribution in [2.45, 2.75) is 44.9 Å². The van der Waals surface area contributed by atoms with Gasteiger partial charge in [-0.1, -0.05) is 19.1 Å². The molecule has 2 rings (SSSR count). The van der Waals surface area contributed by atoms with Crippen molar-refractivity contribution in [2.24, 2.45) is 11.7 Å². The highest BCUT2D eigenvalue weighted by Gasteiger charge is 2.33. The zero-order chi connectivity index (χ0) is 15.6. The smallest absolute Gasteiger partial charge is 0.329 e. The van der Waals surface area contributed by atoms with Crippen molar-refractivity contribution in [3.63, 3.8) is 0 Å². The lowest BCUT2D eigenvalue weighted by atomic mass is 9.89. The lowest BCUT2D eigenvalue weighted by Crippen LogP contribution is -2.46. The van der Waals surface area contributed by atoms with Crippen LogP contribution in [-0.2, 0) is 6.18 Å². The SMILES string of the molecule is CC1CCCN(C(CN)c2cccc(C(F)(F)F)c2)C1C. The molecule has 5 heteroatoms. The van der Waals surface area contributed by atoms with E-state index in [-0.39, 0.29) is 6.04 Å². The molecule has 0 amide bonds. The highest BCUT2D eigenvalue weighted by atomic mass is 19.4. The van der Waals surface area contributed by atoms with E-state index in [1.54, 1.807) is 6.07 Å². The van der Waals surface area contributed by atoms with Crippen LogP contribution in [0.1, 0.15) is 43.9 Å². The molecule has 1 saturated heterocycles. The van der Waals surface area contributed by atoms with Gasteiger partial charge in [0.1, 0.15) is 0 Å². The average Bonchev–Trinajstić information content (AvgIpc) is 2.44. The van der Waals surface area contributed by atoms with Gasteiger partial charge in [-0.05, 0) is 49.9 Å². The fraction of sp³-hybridized carbons (Fsp3) is 0.625.